The van der Waals surface area contributed by atoms with Crippen molar-refractivity contribution >= 4 is 11.1 Å². The quantitative estimate of drug-likeness (QED) is 0.592. The Kier molecular flexibility index (Phi) is 4.26. The van der Waals surface area contributed by atoms with Gasteiger partial charge in [0.25, 0.3) is 0 Å². The summed E-state index contributed by atoms with van der Waals surface area (Å²) >= 11 is 0. The van der Waals surface area contributed by atoms with Crippen molar-refractivity contribution < 1.29 is 8.81 Å². The zero-order valence-corrected chi connectivity index (χ0v) is 14.7. The molecule has 2 aromatic heterocycles. The van der Waals surface area contributed by atoms with Gasteiger partial charge in [-0.15, -0.1) is 0 Å². The second-order valence-electron chi connectivity index (χ2n) is 6.33. The Bertz CT molecular complexity index is 1030. The molecule has 0 aliphatic carbocycles. The molecule has 4 aromatic rings. The number of aromatic nitrogens is 3. The molecular formula is C20H19FN4O. The Balaban J connectivity index is 1.47. The van der Waals surface area contributed by atoms with Gasteiger partial charge >= 0.3 is 0 Å². The third kappa shape index (κ3) is 3.36. The SMILES string of the molecule is Cc1cc(CNCc2ccc3oc(-c4ccc(F)cc4)nc3c2)nn1C. The molecule has 0 saturated carbocycles. The molecule has 26 heavy (non-hydrogen) atoms. The molecule has 0 bridgehead atoms. The number of fused-ring (bicyclic) bond motifs is 1. The van der Waals surface area contributed by atoms with Crippen molar-refractivity contribution in [3.63, 3.8) is 0 Å². The van der Waals surface area contributed by atoms with E-state index in [0.29, 0.717) is 24.6 Å². The van der Waals surface area contributed by atoms with E-state index in [4.69, 9.17) is 4.42 Å². The van der Waals surface area contributed by atoms with Gasteiger partial charge in [0, 0.05) is 31.4 Å². The van der Waals surface area contributed by atoms with Gasteiger partial charge in [-0.05, 0) is 55.0 Å². The Morgan fingerprint density at radius 3 is 2.62 bits per heavy atom. The van der Waals surface area contributed by atoms with Gasteiger partial charge in [0.15, 0.2) is 5.58 Å². The summed E-state index contributed by atoms with van der Waals surface area (Å²) in [4.78, 5) is 4.52. The molecule has 0 fully saturated rings. The Hall–Kier alpha value is -2.99. The van der Waals surface area contributed by atoms with E-state index in [1.165, 1.54) is 12.1 Å². The molecule has 0 unspecified atom stereocenters. The molecule has 5 nitrogen and oxygen atoms in total. The first-order valence-electron chi connectivity index (χ1n) is 8.44. The van der Waals surface area contributed by atoms with Crippen molar-refractivity contribution in [1.82, 2.24) is 20.1 Å². The minimum Gasteiger partial charge on any atom is -0.436 e. The van der Waals surface area contributed by atoms with Crippen LogP contribution in [0.2, 0.25) is 0 Å². The second-order valence-corrected chi connectivity index (χ2v) is 6.33. The highest BCUT2D eigenvalue weighted by Gasteiger charge is 2.09. The molecule has 0 atom stereocenters. The molecule has 0 aliphatic rings. The molecule has 132 valence electrons. The van der Waals surface area contributed by atoms with Crippen LogP contribution in [0.3, 0.4) is 0 Å². The number of hydrogen-bond donors (Lipinski definition) is 1. The average molecular weight is 350 g/mol. The van der Waals surface area contributed by atoms with Gasteiger partial charge in [-0.3, -0.25) is 4.68 Å². The van der Waals surface area contributed by atoms with E-state index in [0.717, 1.165) is 28.0 Å². The van der Waals surface area contributed by atoms with Crippen molar-refractivity contribution in [2.75, 3.05) is 0 Å². The molecule has 2 aromatic carbocycles. The van der Waals surface area contributed by atoms with E-state index in [9.17, 15) is 4.39 Å². The first-order chi connectivity index (χ1) is 12.6. The molecule has 0 saturated heterocycles. The Labute approximate surface area is 150 Å². The minimum absolute atomic E-state index is 0.277. The molecule has 1 N–H and O–H groups in total. The van der Waals surface area contributed by atoms with Crippen molar-refractivity contribution in [3.8, 4) is 11.5 Å². The van der Waals surface area contributed by atoms with E-state index in [2.05, 4.69) is 21.5 Å². The average Bonchev–Trinajstić information content (AvgIpc) is 3.18. The number of rotatable bonds is 5. The van der Waals surface area contributed by atoms with Crippen LogP contribution < -0.4 is 5.32 Å². The minimum atomic E-state index is -0.277. The van der Waals surface area contributed by atoms with Crippen molar-refractivity contribution in [1.29, 1.82) is 0 Å². The smallest absolute Gasteiger partial charge is 0.227 e. The van der Waals surface area contributed by atoms with Gasteiger partial charge in [-0.25, -0.2) is 9.37 Å². The summed E-state index contributed by atoms with van der Waals surface area (Å²) in [5.41, 5.74) is 5.54. The third-order valence-electron chi connectivity index (χ3n) is 4.34. The first-order valence-corrected chi connectivity index (χ1v) is 8.44. The van der Waals surface area contributed by atoms with Crippen molar-refractivity contribution in [2.24, 2.45) is 7.05 Å². The summed E-state index contributed by atoms with van der Waals surface area (Å²) in [7, 11) is 1.94. The summed E-state index contributed by atoms with van der Waals surface area (Å²) in [6, 6.07) is 14.1. The highest BCUT2D eigenvalue weighted by molar-refractivity contribution is 5.76. The summed E-state index contributed by atoms with van der Waals surface area (Å²) < 4.78 is 20.7. The molecule has 6 heteroatoms. The van der Waals surface area contributed by atoms with Gasteiger partial charge in [-0.1, -0.05) is 6.07 Å². The Morgan fingerprint density at radius 2 is 1.88 bits per heavy atom. The van der Waals surface area contributed by atoms with E-state index >= 15 is 0 Å². The number of aryl methyl sites for hydroxylation is 2. The fourth-order valence-electron chi connectivity index (χ4n) is 2.86. The Morgan fingerprint density at radius 1 is 1.08 bits per heavy atom. The maximum absolute atomic E-state index is 13.1. The maximum atomic E-state index is 13.1. The zero-order chi connectivity index (χ0) is 18.1. The molecule has 0 amide bonds. The van der Waals surface area contributed by atoms with Crippen molar-refractivity contribution in [3.05, 3.63) is 71.3 Å². The normalized spacial score (nSPS) is 11.3. The lowest BCUT2D eigenvalue weighted by Gasteiger charge is -2.02. The number of halogens is 1. The van der Waals surface area contributed by atoms with Crippen LogP contribution in [0.1, 0.15) is 17.0 Å². The van der Waals surface area contributed by atoms with E-state index in [1.54, 1.807) is 12.1 Å². The maximum Gasteiger partial charge on any atom is 0.227 e. The van der Waals surface area contributed by atoms with Crippen LogP contribution in [0, 0.1) is 12.7 Å². The lowest BCUT2D eigenvalue weighted by Crippen LogP contribution is -2.13. The number of nitrogens with one attached hydrogen (secondary N) is 1. The first kappa shape index (κ1) is 16.5. The van der Waals surface area contributed by atoms with E-state index in [1.807, 2.05) is 36.9 Å². The van der Waals surface area contributed by atoms with Crippen LogP contribution in [0.4, 0.5) is 4.39 Å². The summed E-state index contributed by atoms with van der Waals surface area (Å²) in [6.07, 6.45) is 0. The van der Waals surface area contributed by atoms with Crippen LogP contribution in [0.5, 0.6) is 0 Å². The summed E-state index contributed by atoms with van der Waals surface area (Å²) in [6.45, 7) is 3.46. The van der Waals surface area contributed by atoms with Crippen LogP contribution in [-0.4, -0.2) is 14.8 Å². The van der Waals surface area contributed by atoms with E-state index < -0.39 is 0 Å². The molecule has 0 radical (unpaired) electrons. The summed E-state index contributed by atoms with van der Waals surface area (Å²) in [5.74, 6) is 0.218. The van der Waals surface area contributed by atoms with Crippen LogP contribution in [0.25, 0.3) is 22.6 Å². The molecular weight excluding hydrogens is 331 g/mol. The summed E-state index contributed by atoms with van der Waals surface area (Å²) in [5, 5.41) is 7.83. The highest BCUT2D eigenvalue weighted by atomic mass is 19.1. The molecule has 0 aliphatic heterocycles. The van der Waals surface area contributed by atoms with Crippen LogP contribution in [0.15, 0.2) is 52.9 Å². The van der Waals surface area contributed by atoms with Gasteiger partial charge in [0.1, 0.15) is 11.3 Å². The molecule has 0 spiro atoms. The van der Waals surface area contributed by atoms with Crippen LogP contribution in [-0.2, 0) is 20.1 Å². The van der Waals surface area contributed by atoms with Gasteiger partial charge in [0.2, 0.25) is 5.89 Å². The van der Waals surface area contributed by atoms with E-state index in [-0.39, 0.29) is 5.82 Å². The fraction of sp³-hybridized carbons (Fsp3) is 0.200. The number of oxazole rings is 1. The monoisotopic (exact) mass is 350 g/mol. The number of nitrogens with zero attached hydrogens (tertiary/aromatic N) is 3. The fourth-order valence-corrected chi connectivity index (χ4v) is 2.86. The molecule has 2 heterocycles. The number of benzene rings is 2. The molecule has 4 rings (SSSR count). The third-order valence-corrected chi connectivity index (χ3v) is 4.34. The van der Waals surface area contributed by atoms with Gasteiger partial charge in [-0.2, -0.15) is 5.10 Å². The predicted molar refractivity (Wildman–Crippen MR) is 97.9 cm³/mol. The number of hydrogen-bond acceptors (Lipinski definition) is 4. The zero-order valence-electron chi connectivity index (χ0n) is 14.7. The highest BCUT2D eigenvalue weighted by Crippen LogP contribution is 2.25. The van der Waals surface area contributed by atoms with Gasteiger partial charge < -0.3 is 9.73 Å². The topological polar surface area (TPSA) is 55.9 Å². The lowest BCUT2D eigenvalue weighted by atomic mass is 10.2. The second kappa shape index (κ2) is 6.72. The lowest BCUT2D eigenvalue weighted by molar-refractivity contribution is 0.616. The van der Waals surface area contributed by atoms with Crippen molar-refractivity contribution in [2.45, 2.75) is 20.0 Å². The predicted octanol–water partition coefficient (Wildman–Crippen LogP) is 3.97. The van der Waals surface area contributed by atoms with Crippen LogP contribution >= 0.6 is 0 Å². The standard InChI is InChI=1S/C20H19FN4O/c1-13-9-17(24-25(13)2)12-22-11-14-3-8-19-18(10-14)23-20(26-19)15-4-6-16(21)7-5-15/h3-10,22H,11-12H2,1-2H3. The largest absolute Gasteiger partial charge is 0.436 e. The van der Waals surface area contributed by atoms with Gasteiger partial charge in [0.05, 0.1) is 5.69 Å².